The maximum Gasteiger partial charge on any atom is 0.255 e. The first-order valence-corrected chi connectivity index (χ1v) is 9.77. The first-order chi connectivity index (χ1) is 13.2. The molecule has 1 aliphatic heterocycles. The van der Waals surface area contributed by atoms with Gasteiger partial charge in [0, 0.05) is 31.4 Å². The second-order valence-corrected chi connectivity index (χ2v) is 7.54. The van der Waals surface area contributed by atoms with Crippen LogP contribution < -0.4 is 5.32 Å². The van der Waals surface area contributed by atoms with E-state index in [0.29, 0.717) is 37.4 Å². The normalized spacial score (nSPS) is 18.7. The molecule has 0 spiro atoms. The van der Waals surface area contributed by atoms with Gasteiger partial charge in [0.15, 0.2) is 0 Å². The average Bonchev–Trinajstić information content (AvgIpc) is 3.58. The van der Waals surface area contributed by atoms with Crippen molar-refractivity contribution in [1.82, 2.24) is 15.2 Å². The van der Waals surface area contributed by atoms with Gasteiger partial charge in [-0.2, -0.15) is 0 Å². The van der Waals surface area contributed by atoms with Gasteiger partial charge >= 0.3 is 0 Å². The fraction of sp³-hybridized carbons (Fsp3) is 0.409. The summed E-state index contributed by atoms with van der Waals surface area (Å²) < 4.78 is 0. The van der Waals surface area contributed by atoms with E-state index in [9.17, 15) is 9.59 Å². The quantitative estimate of drug-likeness (QED) is 0.887. The minimum absolute atomic E-state index is 0.00195. The van der Waals surface area contributed by atoms with Gasteiger partial charge in [0.25, 0.3) is 5.91 Å². The van der Waals surface area contributed by atoms with Crippen molar-refractivity contribution in [3.8, 4) is 0 Å². The molecule has 0 radical (unpaired) electrons. The Kier molecular flexibility index (Phi) is 5.19. The van der Waals surface area contributed by atoms with Crippen LogP contribution in [-0.4, -0.2) is 34.8 Å². The number of hydrogen-bond donors (Lipinski definition) is 1. The van der Waals surface area contributed by atoms with Crippen LogP contribution in [0.3, 0.4) is 0 Å². The number of amides is 2. The summed E-state index contributed by atoms with van der Waals surface area (Å²) in [5.74, 6) is 0.669. The lowest BCUT2D eigenvalue weighted by molar-refractivity contribution is -0.127. The molecule has 1 atom stereocenters. The zero-order valence-electron chi connectivity index (χ0n) is 15.4. The first-order valence-electron chi connectivity index (χ1n) is 9.77. The number of carbonyl (C=O) groups is 2. The summed E-state index contributed by atoms with van der Waals surface area (Å²) in [7, 11) is 0. The first kappa shape index (κ1) is 17.7. The highest BCUT2D eigenvalue weighted by Gasteiger charge is 2.35. The van der Waals surface area contributed by atoms with Crippen molar-refractivity contribution < 1.29 is 9.59 Å². The maximum absolute atomic E-state index is 12.8. The topological polar surface area (TPSA) is 62.3 Å². The van der Waals surface area contributed by atoms with Crippen LogP contribution in [-0.2, 0) is 4.79 Å². The van der Waals surface area contributed by atoms with E-state index in [0.717, 1.165) is 0 Å². The summed E-state index contributed by atoms with van der Waals surface area (Å²) in [6, 6.07) is 13.9. The Morgan fingerprint density at radius 3 is 2.37 bits per heavy atom. The standard InChI is InChI=1S/C22H25N3O2/c26-21(24-20(17-8-9-17)16-5-2-1-3-6-16)18-10-13-25(14-11-18)22(27)19-7-4-12-23-15-19/h1-7,12,15,17-18,20H,8-11,13-14H2,(H,24,26)/t20-/m0/s1. The molecule has 2 heterocycles. The number of pyridine rings is 1. The zero-order chi connectivity index (χ0) is 18.6. The summed E-state index contributed by atoms with van der Waals surface area (Å²) in [6.07, 6.45) is 7.04. The lowest BCUT2D eigenvalue weighted by atomic mass is 9.94. The van der Waals surface area contributed by atoms with Crippen LogP contribution >= 0.6 is 0 Å². The predicted octanol–water partition coefficient (Wildman–Crippen LogP) is 3.20. The summed E-state index contributed by atoms with van der Waals surface area (Å²) in [6.45, 7) is 1.23. The molecule has 1 aromatic carbocycles. The van der Waals surface area contributed by atoms with Crippen LogP contribution in [0.15, 0.2) is 54.9 Å². The van der Waals surface area contributed by atoms with E-state index in [1.807, 2.05) is 23.1 Å². The Balaban J connectivity index is 1.34. The van der Waals surface area contributed by atoms with E-state index < -0.39 is 0 Å². The summed E-state index contributed by atoms with van der Waals surface area (Å²) >= 11 is 0. The molecule has 5 heteroatoms. The Morgan fingerprint density at radius 1 is 1.00 bits per heavy atom. The van der Waals surface area contributed by atoms with Gasteiger partial charge in [0.1, 0.15) is 0 Å². The Labute approximate surface area is 159 Å². The van der Waals surface area contributed by atoms with Gasteiger partial charge in [0.05, 0.1) is 11.6 Å². The second-order valence-electron chi connectivity index (χ2n) is 7.54. The highest BCUT2D eigenvalue weighted by Crippen LogP contribution is 2.41. The summed E-state index contributed by atoms with van der Waals surface area (Å²) in [4.78, 5) is 31.2. The molecule has 2 aliphatic rings. The summed E-state index contributed by atoms with van der Waals surface area (Å²) in [5, 5.41) is 3.29. The van der Waals surface area contributed by atoms with Crippen molar-refractivity contribution in [1.29, 1.82) is 0 Å². The smallest absolute Gasteiger partial charge is 0.255 e. The highest BCUT2D eigenvalue weighted by atomic mass is 16.2. The van der Waals surface area contributed by atoms with Gasteiger partial charge in [-0.15, -0.1) is 0 Å². The van der Waals surface area contributed by atoms with Gasteiger partial charge in [-0.25, -0.2) is 0 Å². The molecule has 27 heavy (non-hydrogen) atoms. The third-order valence-corrected chi connectivity index (χ3v) is 5.61. The van der Waals surface area contributed by atoms with Gasteiger partial charge in [-0.05, 0) is 49.3 Å². The van der Waals surface area contributed by atoms with E-state index in [1.165, 1.54) is 18.4 Å². The van der Waals surface area contributed by atoms with Crippen molar-refractivity contribution in [2.75, 3.05) is 13.1 Å². The molecule has 5 nitrogen and oxygen atoms in total. The number of rotatable bonds is 5. The minimum Gasteiger partial charge on any atom is -0.349 e. The number of hydrogen-bond acceptors (Lipinski definition) is 3. The van der Waals surface area contributed by atoms with Crippen LogP contribution in [0.5, 0.6) is 0 Å². The molecule has 2 fully saturated rings. The monoisotopic (exact) mass is 363 g/mol. The summed E-state index contributed by atoms with van der Waals surface area (Å²) in [5.41, 5.74) is 1.80. The molecular weight excluding hydrogens is 338 g/mol. The zero-order valence-corrected chi connectivity index (χ0v) is 15.4. The third kappa shape index (κ3) is 4.18. The van der Waals surface area contributed by atoms with Crippen molar-refractivity contribution in [2.24, 2.45) is 11.8 Å². The van der Waals surface area contributed by atoms with Gasteiger partial charge < -0.3 is 10.2 Å². The molecule has 1 N–H and O–H groups in total. The van der Waals surface area contributed by atoms with Gasteiger partial charge in [-0.3, -0.25) is 14.6 Å². The highest BCUT2D eigenvalue weighted by molar-refractivity contribution is 5.94. The molecule has 140 valence electrons. The number of piperidine rings is 1. The molecule has 4 rings (SSSR count). The fourth-order valence-corrected chi connectivity index (χ4v) is 3.85. The van der Waals surface area contributed by atoms with Crippen LogP contribution in [0, 0.1) is 11.8 Å². The lowest BCUT2D eigenvalue weighted by Crippen LogP contribution is -2.44. The minimum atomic E-state index is -0.0205. The van der Waals surface area contributed by atoms with E-state index >= 15 is 0 Å². The molecule has 1 aliphatic carbocycles. The molecule has 0 bridgehead atoms. The second kappa shape index (κ2) is 7.91. The van der Waals surface area contributed by atoms with Crippen LogP contribution in [0.1, 0.15) is 47.6 Å². The predicted molar refractivity (Wildman–Crippen MR) is 103 cm³/mol. The molecule has 0 unspecified atom stereocenters. The number of likely N-dealkylation sites (tertiary alicyclic amines) is 1. The fourth-order valence-electron chi connectivity index (χ4n) is 3.85. The molecule has 2 aromatic rings. The Hall–Kier alpha value is -2.69. The number of benzene rings is 1. The van der Waals surface area contributed by atoms with E-state index in [2.05, 4.69) is 22.4 Å². The van der Waals surface area contributed by atoms with Gasteiger partial charge in [0.2, 0.25) is 5.91 Å². The number of nitrogens with zero attached hydrogens (tertiary/aromatic N) is 2. The largest absolute Gasteiger partial charge is 0.349 e. The molecule has 2 amide bonds. The van der Waals surface area contributed by atoms with Crippen LogP contribution in [0.4, 0.5) is 0 Å². The van der Waals surface area contributed by atoms with Crippen molar-refractivity contribution in [2.45, 2.75) is 31.7 Å². The van der Waals surface area contributed by atoms with Gasteiger partial charge in [-0.1, -0.05) is 30.3 Å². The molecular formula is C22H25N3O2. The van der Waals surface area contributed by atoms with E-state index in [1.54, 1.807) is 24.5 Å². The SMILES string of the molecule is O=C(N[C@@H](c1ccccc1)C1CC1)C1CCN(C(=O)c2cccnc2)CC1. The van der Waals surface area contributed by atoms with Crippen molar-refractivity contribution in [3.63, 3.8) is 0 Å². The Bertz CT molecular complexity index is 782. The van der Waals surface area contributed by atoms with Crippen molar-refractivity contribution >= 4 is 11.8 Å². The number of nitrogens with one attached hydrogen (secondary N) is 1. The lowest BCUT2D eigenvalue weighted by Gasteiger charge is -2.32. The molecule has 1 saturated carbocycles. The molecule has 1 saturated heterocycles. The number of aromatic nitrogens is 1. The third-order valence-electron chi connectivity index (χ3n) is 5.61. The maximum atomic E-state index is 12.8. The van der Waals surface area contributed by atoms with E-state index in [4.69, 9.17) is 0 Å². The average molecular weight is 363 g/mol. The van der Waals surface area contributed by atoms with E-state index in [-0.39, 0.29) is 23.8 Å². The number of carbonyl (C=O) groups excluding carboxylic acids is 2. The van der Waals surface area contributed by atoms with Crippen molar-refractivity contribution in [3.05, 3.63) is 66.0 Å². The molecule has 1 aromatic heterocycles. The Morgan fingerprint density at radius 2 is 1.74 bits per heavy atom. The van der Waals surface area contributed by atoms with Crippen LogP contribution in [0.25, 0.3) is 0 Å². The van der Waals surface area contributed by atoms with Crippen LogP contribution in [0.2, 0.25) is 0 Å².